The summed E-state index contributed by atoms with van der Waals surface area (Å²) in [6.07, 6.45) is 8.53. The van der Waals surface area contributed by atoms with Gasteiger partial charge in [-0.1, -0.05) is 42.3 Å². The lowest BCUT2D eigenvalue weighted by atomic mass is 9.86. The molecule has 8 heteroatoms. The van der Waals surface area contributed by atoms with Gasteiger partial charge in [0.2, 0.25) is 5.91 Å². The van der Waals surface area contributed by atoms with E-state index in [-0.39, 0.29) is 36.2 Å². The predicted octanol–water partition coefficient (Wildman–Crippen LogP) is 5.20. The van der Waals surface area contributed by atoms with Crippen LogP contribution < -0.4 is 15.0 Å². The number of ether oxygens (including phenoxy) is 3. The van der Waals surface area contributed by atoms with Gasteiger partial charge >= 0.3 is 6.09 Å². The maximum atomic E-state index is 13.2. The maximum Gasteiger partial charge on any atom is 0.407 e. The van der Waals surface area contributed by atoms with Crippen LogP contribution in [0.4, 0.5) is 10.5 Å². The number of allylic oxidation sites excluding steroid dienone is 3. The number of amides is 2. The van der Waals surface area contributed by atoms with Crippen molar-refractivity contribution in [3.63, 3.8) is 0 Å². The van der Waals surface area contributed by atoms with E-state index in [0.29, 0.717) is 35.7 Å². The molecular formula is C27H35ClN2O5. The number of carbonyl (C=O) groups is 2. The van der Waals surface area contributed by atoms with Crippen LogP contribution in [-0.2, 0) is 20.7 Å². The highest BCUT2D eigenvalue weighted by Gasteiger charge is 2.57. The van der Waals surface area contributed by atoms with E-state index in [2.05, 4.69) is 31.3 Å². The molecule has 0 radical (unpaired) electrons. The summed E-state index contributed by atoms with van der Waals surface area (Å²) >= 11 is 6.60. The first kappa shape index (κ1) is 25.6. The largest absolute Gasteiger partial charge is 0.495 e. The number of halogens is 1. The molecule has 1 N–H and O–H groups in total. The van der Waals surface area contributed by atoms with Crippen LogP contribution in [0.1, 0.15) is 52.0 Å². The third-order valence-electron chi connectivity index (χ3n) is 7.39. The lowest BCUT2D eigenvalue weighted by Gasteiger charge is -2.33. The van der Waals surface area contributed by atoms with E-state index in [1.165, 1.54) is 0 Å². The van der Waals surface area contributed by atoms with Gasteiger partial charge < -0.3 is 24.4 Å². The Labute approximate surface area is 212 Å². The minimum atomic E-state index is -0.421. The van der Waals surface area contributed by atoms with Crippen LogP contribution in [0.5, 0.6) is 5.75 Å². The van der Waals surface area contributed by atoms with E-state index in [9.17, 15) is 9.59 Å². The Hall–Kier alpha value is -2.51. The number of epoxide rings is 1. The fourth-order valence-electron chi connectivity index (χ4n) is 5.16. The van der Waals surface area contributed by atoms with Crippen LogP contribution in [0.25, 0.3) is 0 Å². The monoisotopic (exact) mass is 502 g/mol. The maximum absolute atomic E-state index is 13.2. The Morgan fingerprint density at radius 3 is 2.80 bits per heavy atom. The van der Waals surface area contributed by atoms with Gasteiger partial charge in [-0.2, -0.15) is 0 Å². The van der Waals surface area contributed by atoms with Crippen molar-refractivity contribution in [3.8, 4) is 5.75 Å². The molecule has 4 bridgehead atoms. The van der Waals surface area contributed by atoms with Crippen molar-refractivity contribution < 1.29 is 23.8 Å². The van der Waals surface area contributed by atoms with E-state index in [0.717, 1.165) is 24.0 Å². The van der Waals surface area contributed by atoms with Crippen molar-refractivity contribution in [2.45, 2.75) is 76.7 Å². The molecule has 1 aromatic rings. The van der Waals surface area contributed by atoms with Gasteiger partial charge in [0.15, 0.2) is 0 Å². The first-order valence-corrected chi connectivity index (χ1v) is 12.6. The molecule has 2 amide bonds. The molecule has 7 nitrogen and oxygen atoms in total. The zero-order valence-electron chi connectivity index (χ0n) is 21.1. The van der Waals surface area contributed by atoms with Gasteiger partial charge in [0, 0.05) is 31.8 Å². The number of rotatable bonds is 1. The van der Waals surface area contributed by atoms with Crippen LogP contribution in [-0.4, -0.2) is 50.0 Å². The molecule has 3 heterocycles. The molecule has 0 aliphatic carbocycles. The minimum absolute atomic E-state index is 0.0130. The topological polar surface area (TPSA) is 80.4 Å². The average molecular weight is 503 g/mol. The molecule has 35 heavy (non-hydrogen) atoms. The molecule has 0 spiro atoms. The Kier molecular flexibility index (Phi) is 7.48. The summed E-state index contributed by atoms with van der Waals surface area (Å²) in [6.45, 7) is 6.15. The van der Waals surface area contributed by atoms with Gasteiger partial charge in [0.1, 0.15) is 16.9 Å². The summed E-state index contributed by atoms with van der Waals surface area (Å²) in [5, 5.41) is 3.35. The zero-order chi connectivity index (χ0) is 25.3. The Morgan fingerprint density at radius 2 is 2.06 bits per heavy atom. The highest BCUT2D eigenvalue weighted by molar-refractivity contribution is 6.35. The smallest absolute Gasteiger partial charge is 0.407 e. The number of anilines is 1. The van der Waals surface area contributed by atoms with Crippen molar-refractivity contribution in [2.75, 3.05) is 19.1 Å². The second kappa shape index (κ2) is 10.2. The summed E-state index contributed by atoms with van der Waals surface area (Å²) in [7, 11) is 3.32. The number of methoxy groups -OCH3 is 1. The summed E-state index contributed by atoms with van der Waals surface area (Å²) in [5.74, 6) is 0.531. The van der Waals surface area contributed by atoms with Crippen LogP contribution in [0.2, 0.25) is 5.02 Å². The summed E-state index contributed by atoms with van der Waals surface area (Å²) < 4.78 is 17.2. The molecule has 2 fully saturated rings. The van der Waals surface area contributed by atoms with Crippen LogP contribution in [0.3, 0.4) is 0 Å². The second-order valence-corrected chi connectivity index (χ2v) is 10.5. The molecular weight excluding hydrogens is 468 g/mol. The molecule has 3 aliphatic rings. The predicted molar refractivity (Wildman–Crippen MR) is 136 cm³/mol. The molecule has 0 aromatic heterocycles. The Morgan fingerprint density at radius 1 is 1.29 bits per heavy atom. The average Bonchev–Trinajstić information content (AvgIpc) is 3.50. The minimum Gasteiger partial charge on any atom is -0.495 e. The van der Waals surface area contributed by atoms with Gasteiger partial charge in [-0.25, -0.2) is 4.79 Å². The fraction of sp³-hybridized carbons (Fsp3) is 0.556. The van der Waals surface area contributed by atoms with Gasteiger partial charge in [-0.15, -0.1) is 0 Å². The zero-order valence-corrected chi connectivity index (χ0v) is 21.9. The van der Waals surface area contributed by atoms with E-state index < -0.39 is 5.60 Å². The van der Waals surface area contributed by atoms with Crippen molar-refractivity contribution in [2.24, 2.45) is 5.92 Å². The lowest BCUT2D eigenvalue weighted by molar-refractivity contribution is -0.118. The number of nitrogens with one attached hydrogen (secondary N) is 1. The summed E-state index contributed by atoms with van der Waals surface area (Å²) in [4.78, 5) is 27.0. The molecule has 5 atom stereocenters. The molecule has 1 aromatic carbocycles. The molecule has 190 valence electrons. The van der Waals surface area contributed by atoms with Gasteiger partial charge in [-0.3, -0.25) is 4.79 Å². The first-order valence-electron chi connectivity index (χ1n) is 12.2. The first-order chi connectivity index (χ1) is 16.6. The highest BCUT2D eigenvalue weighted by atomic mass is 35.5. The number of nitrogens with zero attached hydrogens (tertiary/aromatic N) is 1. The Bertz CT molecular complexity index is 1050. The summed E-state index contributed by atoms with van der Waals surface area (Å²) in [6, 6.07) is 3.88. The fourth-order valence-corrected chi connectivity index (χ4v) is 5.48. The van der Waals surface area contributed by atoms with E-state index in [4.69, 9.17) is 25.8 Å². The number of carbonyl (C=O) groups excluding carboxylic acids is 2. The third kappa shape index (κ3) is 5.67. The van der Waals surface area contributed by atoms with Crippen LogP contribution in [0, 0.1) is 5.92 Å². The normalized spacial score (nSPS) is 34.1. The third-order valence-corrected chi connectivity index (χ3v) is 7.77. The standard InChI is InChI=1S/C27H35ClN2O5/c1-16-8-6-7-9-19-15-21(34-26(32)29-19)17(2)25-27(3,35-25)11-10-23(31)30(4)20-13-18(12-16)14-22(33-5)24(20)28/h6-8,13-14,17,19,21,25H,9-12,15H2,1-5H3,(H,29,32)/b7-6+,16-8+/t17?,19?,21?,25?,27-/m0/s1. The van der Waals surface area contributed by atoms with Crippen molar-refractivity contribution in [3.05, 3.63) is 46.5 Å². The lowest BCUT2D eigenvalue weighted by Crippen LogP contribution is -2.48. The number of alkyl carbamates (subject to hydrolysis) is 1. The van der Waals surface area contributed by atoms with Crippen molar-refractivity contribution in [1.82, 2.24) is 5.32 Å². The van der Waals surface area contributed by atoms with Crippen LogP contribution >= 0.6 is 11.6 Å². The SMILES string of the molecule is COc1cc2cc(c1Cl)N(C)C(=O)CC[C@]1(C)OC1C(C)C1CC(C/C=C/C=C(\C)C2)NC(=O)O1. The van der Waals surface area contributed by atoms with Crippen molar-refractivity contribution in [1.29, 1.82) is 0 Å². The van der Waals surface area contributed by atoms with E-state index in [1.807, 2.05) is 25.1 Å². The molecule has 2 saturated heterocycles. The molecule has 4 unspecified atom stereocenters. The molecule has 0 saturated carbocycles. The molecule has 4 rings (SSSR count). The van der Waals surface area contributed by atoms with Gasteiger partial charge in [0.25, 0.3) is 0 Å². The quantitative estimate of drug-likeness (QED) is 0.534. The Balaban J connectivity index is 1.63. The van der Waals surface area contributed by atoms with Gasteiger partial charge in [0.05, 0.1) is 24.5 Å². The van der Waals surface area contributed by atoms with Crippen molar-refractivity contribution >= 4 is 29.3 Å². The summed E-state index contributed by atoms with van der Waals surface area (Å²) in [5.41, 5.74) is 2.37. The number of benzene rings is 1. The van der Waals surface area contributed by atoms with E-state index >= 15 is 0 Å². The van der Waals surface area contributed by atoms with Gasteiger partial charge in [-0.05, 0) is 50.8 Å². The molecule has 3 aliphatic heterocycles. The number of hydrogen-bond acceptors (Lipinski definition) is 5. The highest BCUT2D eigenvalue weighted by Crippen LogP contribution is 2.47. The number of fused-ring (bicyclic) bond motifs is 5. The van der Waals surface area contributed by atoms with Crippen LogP contribution in [0.15, 0.2) is 35.9 Å². The number of hydrogen-bond donors (Lipinski definition) is 1. The van der Waals surface area contributed by atoms with E-state index in [1.54, 1.807) is 19.1 Å². The second-order valence-electron chi connectivity index (χ2n) is 10.2.